The minimum atomic E-state index is -0.312. The van der Waals surface area contributed by atoms with Crippen LogP contribution in [0.1, 0.15) is 52.8 Å². The summed E-state index contributed by atoms with van der Waals surface area (Å²) in [7, 11) is 0. The van der Waals surface area contributed by atoms with Crippen molar-refractivity contribution in [2.45, 2.75) is 32.1 Å². The van der Waals surface area contributed by atoms with Gasteiger partial charge in [-0.3, -0.25) is 19.3 Å². The van der Waals surface area contributed by atoms with Crippen LogP contribution in [0.2, 0.25) is 0 Å². The lowest BCUT2D eigenvalue weighted by Gasteiger charge is -2.21. The summed E-state index contributed by atoms with van der Waals surface area (Å²) in [5.41, 5.74) is 0.841. The molecule has 2 aliphatic rings. The molecule has 3 rings (SSSR count). The first-order valence-corrected chi connectivity index (χ1v) is 8.96. The third-order valence-electron chi connectivity index (χ3n) is 4.89. The van der Waals surface area contributed by atoms with Gasteiger partial charge in [-0.2, -0.15) is 0 Å². The predicted molar refractivity (Wildman–Crippen MR) is 92.2 cm³/mol. The first kappa shape index (κ1) is 17.6. The highest BCUT2D eigenvalue weighted by Crippen LogP contribution is 2.22. The molecule has 0 unspecified atom stereocenters. The Morgan fingerprint density at radius 1 is 1.12 bits per heavy atom. The van der Waals surface area contributed by atoms with Gasteiger partial charge in [0.25, 0.3) is 11.8 Å². The van der Waals surface area contributed by atoms with Crippen LogP contribution in [0.5, 0.6) is 0 Å². The second-order valence-corrected chi connectivity index (χ2v) is 6.61. The number of carbonyl (C=O) groups excluding carboxylic acids is 3. The van der Waals surface area contributed by atoms with E-state index in [0.29, 0.717) is 23.6 Å². The highest BCUT2D eigenvalue weighted by Gasteiger charge is 2.34. The largest absolute Gasteiger partial charge is 0.381 e. The maximum Gasteiger partial charge on any atom is 0.261 e. The normalized spacial score (nSPS) is 17.7. The van der Waals surface area contributed by atoms with Gasteiger partial charge in [0.05, 0.1) is 11.1 Å². The average molecular weight is 344 g/mol. The summed E-state index contributed by atoms with van der Waals surface area (Å²) in [6.45, 7) is 2.45. The molecule has 2 aliphatic heterocycles. The molecular formula is C19H24N2O4. The third kappa shape index (κ3) is 4.25. The van der Waals surface area contributed by atoms with Crippen LogP contribution in [-0.4, -0.2) is 48.9 Å². The minimum absolute atomic E-state index is 0.122. The average Bonchev–Trinajstić information content (AvgIpc) is 2.89. The molecule has 6 nitrogen and oxygen atoms in total. The Bertz CT molecular complexity index is 618. The van der Waals surface area contributed by atoms with E-state index in [1.165, 1.54) is 0 Å². The molecular weight excluding hydrogens is 320 g/mol. The van der Waals surface area contributed by atoms with Gasteiger partial charge in [-0.15, -0.1) is 0 Å². The molecule has 134 valence electrons. The number of amides is 3. The van der Waals surface area contributed by atoms with E-state index in [1.807, 2.05) is 0 Å². The second-order valence-electron chi connectivity index (χ2n) is 6.61. The summed E-state index contributed by atoms with van der Waals surface area (Å²) in [5, 5.41) is 2.88. The lowest BCUT2D eigenvalue weighted by atomic mass is 9.95. The van der Waals surface area contributed by atoms with Gasteiger partial charge in [0.1, 0.15) is 0 Å². The summed E-state index contributed by atoms with van der Waals surface area (Å²) >= 11 is 0. The monoisotopic (exact) mass is 344 g/mol. The summed E-state index contributed by atoms with van der Waals surface area (Å²) in [6, 6.07) is 6.76. The molecule has 1 aromatic rings. The number of hydrogen-bond acceptors (Lipinski definition) is 4. The van der Waals surface area contributed by atoms with Crippen molar-refractivity contribution < 1.29 is 19.1 Å². The molecule has 1 N–H and O–H groups in total. The molecule has 0 spiro atoms. The molecule has 0 aliphatic carbocycles. The van der Waals surface area contributed by atoms with Crippen LogP contribution in [0.4, 0.5) is 0 Å². The van der Waals surface area contributed by atoms with Crippen molar-refractivity contribution in [2.75, 3.05) is 26.3 Å². The zero-order chi connectivity index (χ0) is 17.6. The SMILES string of the molecule is O=C(CCN1C(=O)c2ccccc2C1=O)NCCCC1CCOCC1. The van der Waals surface area contributed by atoms with Crippen molar-refractivity contribution in [1.82, 2.24) is 10.2 Å². The van der Waals surface area contributed by atoms with Gasteiger partial charge in [-0.25, -0.2) is 0 Å². The van der Waals surface area contributed by atoms with E-state index in [2.05, 4.69) is 5.32 Å². The fraction of sp³-hybridized carbons (Fsp3) is 0.526. The summed E-state index contributed by atoms with van der Waals surface area (Å²) in [4.78, 5) is 37.6. The van der Waals surface area contributed by atoms with E-state index in [0.717, 1.165) is 43.8 Å². The molecule has 0 bridgehead atoms. The van der Waals surface area contributed by atoms with Crippen LogP contribution < -0.4 is 5.32 Å². The number of nitrogens with one attached hydrogen (secondary N) is 1. The number of imide groups is 1. The van der Waals surface area contributed by atoms with E-state index < -0.39 is 0 Å². The maximum atomic E-state index is 12.2. The van der Waals surface area contributed by atoms with Gasteiger partial charge in [-0.05, 0) is 43.7 Å². The number of carbonyl (C=O) groups is 3. The standard InChI is InChI=1S/C19H24N2O4/c22-17(20-10-3-4-14-8-12-25-13-9-14)7-11-21-18(23)15-5-1-2-6-16(15)19(21)24/h1-2,5-6,14H,3-4,7-13H2,(H,20,22). The smallest absolute Gasteiger partial charge is 0.261 e. The summed E-state index contributed by atoms with van der Waals surface area (Å²) < 4.78 is 5.34. The molecule has 0 atom stereocenters. The minimum Gasteiger partial charge on any atom is -0.381 e. The molecule has 0 radical (unpaired) electrons. The molecule has 0 saturated carbocycles. The van der Waals surface area contributed by atoms with Crippen LogP contribution in [0.25, 0.3) is 0 Å². The highest BCUT2D eigenvalue weighted by atomic mass is 16.5. The molecule has 6 heteroatoms. The lowest BCUT2D eigenvalue weighted by Crippen LogP contribution is -2.34. The van der Waals surface area contributed by atoms with E-state index >= 15 is 0 Å². The Morgan fingerprint density at radius 2 is 1.76 bits per heavy atom. The van der Waals surface area contributed by atoms with Crippen molar-refractivity contribution in [3.05, 3.63) is 35.4 Å². The molecule has 2 heterocycles. The third-order valence-corrected chi connectivity index (χ3v) is 4.89. The highest BCUT2D eigenvalue weighted by molar-refractivity contribution is 6.21. The van der Waals surface area contributed by atoms with Crippen LogP contribution in [0.15, 0.2) is 24.3 Å². The first-order valence-electron chi connectivity index (χ1n) is 8.96. The zero-order valence-electron chi connectivity index (χ0n) is 14.3. The summed E-state index contributed by atoms with van der Waals surface area (Å²) in [6.07, 6.45) is 4.40. The first-order chi connectivity index (χ1) is 12.2. The van der Waals surface area contributed by atoms with E-state index in [4.69, 9.17) is 4.74 Å². The number of benzene rings is 1. The van der Waals surface area contributed by atoms with E-state index in [-0.39, 0.29) is 30.7 Å². The fourth-order valence-electron chi connectivity index (χ4n) is 3.40. The van der Waals surface area contributed by atoms with Crippen LogP contribution >= 0.6 is 0 Å². The van der Waals surface area contributed by atoms with Gasteiger partial charge < -0.3 is 10.1 Å². The van der Waals surface area contributed by atoms with Crippen LogP contribution in [-0.2, 0) is 9.53 Å². The maximum absolute atomic E-state index is 12.2. The molecule has 1 fully saturated rings. The van der Waals surface area contributed by atoms with Crippen molar-refractivity contribution in [3.63, 3.8) is 0 Å². The van der Waals surface area contributed by atoms with E-state index in [9.17, 15) is 14.4 Å². The topological polar surface area (TPSA) is 75.7 Å². The van der Waals surface area contributed by atoms with Gasteiger partial charge in [0.15, 0.2) is 0 Å². The molecule has 1 aromatic carbocycles. The Morgan fingerprint density at radius 3 is 2.40 bits per heavy atom. The lowest BCUT2D eigenvalue weighted by molar-refractivity contribution is -0.121. The Labute approximate surface area is 147 Å². The number of nitrogens with zero attached hydrogens (tertiary/aromatic N) is 1. The fourth-order valence-corrected chi connectivity index (χ4v) is 3.40. The Kier molecular flexibility index (Phi) is 5.81. The van der Waals surface area contributed by atoms with E-state index in [1.54, 1.807) is 24.3 Å². The van der Waals surface area contributed by atoms with Gasteiger partial charge in [0, 0.05) is 32.7 Å². The Balaban J connectivity index is 1.37. The molecule has 3 amide bonds. The van der Waals surface area contributed by atoms with Crippen molar-refractivity contribution in [2.24, 2.45) is 5.92 Å². The van der Waals surface area contributed by atoms with Crippen LogP contribution in [0.3, 0.4) is 0 Å². The number of hydrogen-bond donors (Lipinski definition) is 1. The number of ether oxygens (including phenoxy) is 1. The van der Waals surface area contributed by atoms with Crippen molar-refractivity contribution >= 4 is 17.7 Å². The zero-order valence-corrected chi connectivity index (χ0v) is 14.3. The second kappa shape index (κ2) is 8.25. The van der Waals surface area contributed by atoms with Crippen molar-refractivity contribution in [1.29, 1.82) is 0 Å². The molecule has 25 heavy (non-hydrogen) atoms. The number of fused-ring (bicyclic) bond motifs is 1. The molecule has 1 saturated heterocycles. The van der Waals surface area contributed by atoms with Crippen LogP contribution in [0, 0.1) is 5.92 Å². The van der Waals surface area contributed by atoms with Gasteiger partial charge in [-0.1, -0.05) is 12.1 Å². The number of rotatable bonds is 7. The summed E-state index contributed by atoms with van der Waals surface area (Å²) in [5.74, 6) is -0.0478. The molecule has 0 aromatic heterocycles. The van der Waals surface area contributed by atoms with Gasteiger partial charge in [0.2, 0.25) is 5.91 Å². The Hall–Kier alpha value is -2.21. The van der Waals surface area contributed by atoms with Gasteiger partial charge >= 0.3 is 0 Å². The quantitative estimate of drug-likeness (QED) is 0.606. The predicted octanol–water partition coefficient (Wildman–Crippen LogP) is 2.00. The van der Waals surface area contributed by atoms with Crippen molar-refractivity contribution in [3.8, 4) is 0 Å².